The molecule has 0 amide bonds. The maximum atomic E-state index is 12.2. The normalized spacial score (nSPS) is 15.2. The highest BCUT2D eigenvalue weighted by Crippen LogP contribution is 2.26. The van der Waals surface area contributed by atoms with Crippen molar-refractivity contribution in [2.75, 3.05) is 19.6 Å². The van der Waals surface area contributed by atoms with E-state index < -0.39 is 6.36 Å². The third kappa shape index (κ3) is 4.51. The number of pyridine rings is 1. The van der Waals surface area contributed by atoms with Crippen LogP contribution in [0.4, 0.5) is 13.2 Å². The molecule has 2 N–H and O–H groups in total. The first kappa shape index (κ1) is 18.2. The summed E-state index contributed by atoms with van der Waals surface area (Å²) in [4.78, 5) is 2.17. The number of alkyl halides is 3. The zero-order valence-corrected chi connectivity index (χ0v) is 14.0. The largest absolute Gasteiger partial charge is 0.573 e. The smallest absolute Gasteiger partial charge is 0.406 e. The third-order valence-corrected chi connectivity index (χ3v) is 4.23. The SMILES string of the molecule is N=C(CN1CCCC1)n1cc(-c2ccc(OC(F)(F)F)cc2)ccc1=N. The lowest BCUT2D eigenvalue weighted by Gasteiger charge is -2.17. The van der Waals surface area contributed by atoms with Gasteiger partial charge in [-0.3, -0.25) is 20.3 Å². The molecule has 0 unspecified atom stereocenters. The average Bonchev–Trinajstić information content (AvgIpc) is 3.07. The molecular weight excluding hydrogens is 345 g/mol. The maximum Gasteiger partial charge on any atom is 0.573 e. The van der Waals surface area contributed by atoms with E-state index in [0.29, 0.717) is 23.5 Å². The number of likely N-dealkylation sites (tertiary alicyclic amines) is 1. The highest BCUT2D eigenvalue weighted by atomic mass is 19.4. The monoisotopic (exact) mass is 364 g/mol. The number of rotatable bonds is 4. The van der Waals surface area contributed by atoms with E-state index in [2.05, 4.69) is 9.64 Å². The van der Waals surface area contributed by atoms with Crippen molar-refractivity contribution in [1.29, 1.82) is 10.8 Å². The van der Waals surface area contributed by atoms with E-state index in [9.17, 15) is 13.2 Å². The lowest BCUT2D eigenvalue weighted by atomic mass is 10.1. The van der Waals surface area contributed by atoms with Gasteiger partial charge >= 0.3 is 6.36 Å². The van der Waals surface area contributed by atoms with Gasteiger partial charge in [-0.15, -0.1) is 13.2 Å². The summed E-state index contributed by atoms with van der Waals surface area (Å²) in [6, 6.07) is 8.83. The molecule has 2 aromatic rings. The van der Waals surface area contributed by atoms with Crippen LogP contribution < -0.4 is 10.2 Å². The van der Waals surface area contributed by atoms with Crippen molar-refractivity contribution in [3.63, 3.8) is 0 Å². The van der Waals surface area contributed by atoms with Crippen molar-refractivity contribution in [2.45, 2.75) is 19.2 Å². The molecule has 138 valence electrons. The van der Waals surface area contributed by atoms with Gasteiger partial charge in [-0.1, -0.05) is 12.1 Å². The molecule has 0 spiro atoms. The first-order valence-electron chi connectivity index (χ1n) is 8.25. The minimum Gasteiger partial charge on any atom is -0.406 e. The molecule has 1 aliphatic rings. The van der Waals surface area contributed by atoms with Crippen LogP contribution in [0.1, 0.15) is 12.8 Å². The van der Waals surface area contributed by atoms with Crippen molar-refractivity contribution in [1.82, 2.24) is 9.47 Å². The van der Waals surface area contributed by atoms with Crippen LogP contribution in [0.2, 0.25) is 0 Å². The standard InChI is InChI=1S/C18H19F3N4O/c19-18(20,21)26-15-6-3-13(4-7-15)14-5-8-16(22)25(11-14)17(23)12-24-9-1-2-10-24/h3-8,11,22-23H,1-2,9-10,12H2. The molecule has 0 radical (unpaired) electrons. The summed E-state index contributed by atoms with van der Waals surface area (Å²) in [5.41, 5.74) is 1.59. The zero-order chi connectivity index (χ0) is 18.7. The van der Waals surface area contributed by atoms with Crippen molar-refractivity contribution in [3.8, 4) is 16.9 Å². The summed E-state index contributed by atoms with van der Waals surface area (Å²) in [6.07, 6.45) is -0.807. The Bertz CT molecular complexity index is 837. The molecule has 5 nitrogen and oxygen atoms in total. The predicted octanol–water partition coefficient (Wildman–Crippen LogP) is 3.45. The Labute approximate surface area is 148 Å². The maximum absolute atomic E-state index is 12.2. The summed E-state index contributed by atoms with van der Waals surface area (Å²) in [7, 11) is 0. The predicted molar refractivity (Wildman–Crippen MR) is 91.2 cm³/mol. The average molecular weight is 364 g/mol. The summed E-state index contributed by atoms with van der Waals surface area (Å²) >= 11 is 0. The van der Waals surface area contributed by atoms with Gasteiger partial charge in [-0.05, 0) is 61.3 Å². The van der Waals surface area contributed by atoms with Gasteiger partial charge in [0.15, 0.2) is 0 Å². The summed E-state index contributed by atoms with van der Waals surface area (Å²) in [5, 5.41) is 16.3. The van der Waals surface area contributed by atoms with Crippen LogP contribution in [-0.4, -0.2) is 41.3 Å². The Morgan fingerprint density at radius 3 is 2.23 bits per heavy atom. The molecule has 1 saturated heterocycles. The van der Waals surface area contributed by atoms with Crippen LogP contribution in [0.3, 0.4) is 0 Å². The van der Waals surface area contributed by atoms with Gasteiger partial charge in [-0.2, -0.15) is 0 Å². The highest BCUT2D eigenvalue weighted by molar-refractivity contribution is 5.84. The van der Waals surface area contributed by atoms with Crippen molar-refractivity contribution in [3.05, 3.63) is 48.1 Å². The van der Waals surface area contributed by atoms with E-state index in [1.54, 1.807) is 18.3 Å². The van der Waals surface area contributed by atoms with Gasteiger partial charge in [-0.25, -0.2) is 0 Å². The summed E-state index contributed by atoms with van der Waals surface area (Å²) in [6.45, 7) is 2.38. The fourth-order valence-electron chi connectivity index (χ4n) is 2.97. The Morgan fingerprint density at radius 1 is 1.00 bits per heavy atom. The third-order valence-electron chi connectivity index (χ3n) is 4.23. The second kappa shape index (κ2) is 7.33. The number of benzene rings is 1. The van der Waals surface area contributed by atoms with Crippen LogP contribution in [-0.2, 0) is 0 Å². The number of hydrogen-bond acceptors (Lipinski definition) is 4. The van der Waals surface area contributed by atoms with Gasteiger partial charge in [0.05, 0.1) is 6.54 Å². The fourth-order valence-corrected chi connectivity index (χ4v) is 2.97. The Balaban J connectivity index is 1.80. The molecule has 2 heterocycles. The number of aromatic nitrogens is 1. The topological polar surface area (TPSA) is 65.1 Å². The van der Waals surface area contributed by atoms with Crippen LogP contribution in [0, 0.1) is 10.8 Å². The second-order valence-corrected chi connectivity index (χ2v) is 6.18. The second-order valence-electron chi connectivity index (χ2n) is 6.18. The molecule has 8 heteroatoms. The van der Waals surface area contributed by atoms with Crippen molar-refractivity contribution in [2.24, 2.45) is 0 Å². The lowest BCUT2D eigenvalue weighted by molar-refractivity contribution is -0.274. The summed E-state index contributed by atoms with van der Waals surface area (Å²) < 4.78 is 42.1. The molecule has 1 aliphatic heterocycles. The first-order chi connectivity index (χ1) is 12.3. The molecule has 1 fully saturated rings. The Kier molecular flexibility index (Phi) is 5.13. The number of ether oxygens (including phenoxy) is 1. The first-order valence-corrected chi connectivity index (χ1v) is 8.25. The Morgan fingerprint density at radius 2 is 1.62 bits per heavy atom. The van der Waals surface area contributed by atoms with Crippen LogP contribution in [0.5, 0.6) is 5.75 Å². The number of nitrogens with one attached hydrogen (secondary N) is 2. The lowest BCUT2D eigenvalue weighted by Crippen LogP contribution is -2.35. The minimum absolute atomic E-state index is 0.190. The van der Waals surface area contributed by atoms with Gasteiger partial charge < -0.3 is 4.74 Å². The van der Waals surface area contributed by atoms with Crippen LogP contribution in [0.15, 0.2) is 42.6 Å². The highest BCUT2D eigenvalue weighted by Gasteiger charge is 2.30. The van der Waals surface area contributed by atoms with Gasteiger partial charge in [0.2, 0.25) is 0 Å². The van der Waals surface area contributed by atoms with Gasteiger partial charge in [0.1, 0.15) is 17.1 Å². The summed E-state index contributed by atoms with van der Waals surface area (Å²) in [5.74, 6) is 0.0174. The van der Waals surface area contributed by atoms with Gasteiger partial charge in [0.25, 0.3) is 0 Å². The fraction of sp³-hybridized carbons (Fsp3) is 0.333. The molecule has 0 saturated carbocycles. The van der Waals surface area contributed by atoms with E-state index in [4.69, 9.17) is 10.8 Å². The molecule has 26 heavy (non-hydrogen) atoms. The quantitative estimate of drug-likeness (QED) is 0.645. The van der Waals surface area contributed by atoms with E-state index >= 15 is 0 Å². The number of hydrogen-bond donors (Lipinski definition) is 2. The molecule has 3 rings (SSSR count). The van der Waals surface area contributed by atoms with Crippen LogP contribution >= 0.6 is 0 Å². The van der Waals surface area contributed by atoms with E-state index in [-0.39, 0.29) is 11.2 Å². The molecule has 1 aromatic heterocycles. The van der Waals surface area contributed by atoms with Crippen molar-refractivity contribution < 1.29 is 17.9 Å². The van der Waals surface area contributed by atoms with E-state index in [0.717, 1.165) is 25.9 Å². The molecule has 1 aromatic carbocycles. The van der Waals surface area contributed by atoms with Crippen molar-refractivity contribution >= 4 is 5.84 Å². The number of halogens is 3. The molecular formula is C18H19F3N4O. The number of nitrogens with zero attached hydrogens (tertiary/aromatic N) is 2. The van der Waals surface area contributed by atoms with E-state index in [1.807, 2.05) is 0 Å². The van der Waals surface area contributed by atoms with Crippen LogP contribution in [0.25, 0.3) is 11.1 Å². The molecule has 0 atom stereocenters. The minimum atomic E-state index is -4.72. The van der Waals surface area contributed by atoms with E-state index in [1.165, 1.54) is 28.8 Å². The molecule has 0 bridgehead atoms. The van der Waals surface area contributed by atoms with Gasteiger partial charge in [0, 0.05) is 6.20 Å². The zero-order valence-electron chi connectivity index (χ0n) is 14.0. The molecule has 0 aliphatic carbocycles. The Hall–Kier alpha value is -2.61.